The van der Waals surface area contributed by atoms with Crippen molar-refractivity contribution < 1.29 is 20.1 Å². The summed E-state index contributed by atoms with van der Waals surface area (Å²) in [6, 6.07) is 0. The van der Waals surface area contributed by atoms with Gasteiger partial charge in [0.05, 0.1) is 17.9 Å². The molecular weight excluding hydrogens is 260 g/mol. The normalized spacial score (nSPS) is 32.2. The third-order valence-electron chi connectivity index (χ3n) is 2.86. The Bertz CT molecular complexity index is 641. The zero-order valence-electron chi connectivity index (χ0n) is 8.96. The molecule has 3 heterocycles. The van der Waals surface area contributed by atoms with Crippen LogP contribution in [0.2, 0.25) is 0 Å². The molecule has 0 saturated carbocycles. The predicted molar refractivity (Wildman–Crippen MR) is 60.9 cm³/mol. The molecule has 4 N–H and O–H groups in total. The third kappa shape index (κ3) is 1.56. The molecule has 0 amide bonds. The number of aromatic amines is 1. The minimum absolute atomic E-state index is 0.364. The molecule has 0 spiro atoms. The number of aliphatic hydroxyl groups excluding tert-OH is 3. The van der Waals surface area contributed by atoms with Gasteiger partial charge in [0.2, 0.25) is 0 Å². The van der Waals surface area contributed by atoms with Gasteiger partial charge in [-0.25, -0.2) is 9.67 Å². The summed E-state index contributed by atoms with van der Waals surface area (Å²) < 4.78 is 6.74. The fraction of sp³-hybridized carbons (Fsp3) is 0.444. The Kier molecular flexibility index (Phi) is 2.64. The molecule has 1 saturated heterocycles. The van der Waals surface area contributed by atoms with E-state index in [9.17, 15) is 15.3 Å². The Hall–Kier alpha value is -1.39. The summed E-state index contributed by atoms with van der Waals surface area (Å²) in [4.78, 5) is 6.74. The maximum atomic E-state index is 9.78. The Morgan fingerprint density at radius 3 is 2.78 bits per heavy atom. The number of H-pyrrole nitrogens is 1. The second kappa shape index (κ2) is 4.07. The highest BCUT2D eigenvalue weighted by Crippen LogP contribution is 2.29. The minimum Gasteiger partial charge on any atom is -0.385 e. The van der Waals surface area contributed by atoms with Crippen molar-refractivity contribution in [3.8, 4) is 0 Å². The number of aliphatic hydroxyl groups is 3. The van der Waals surface area contributed by atoms with E-state index in [0.29, 0.717) is 15.7 Å². The number of hydrogen-bond acceptors (Lipinski definition) is 7. The lowest BCUT2D eigenvalue weighted by Crippen LogP contribution is -2.31. The van der Waals surface area contributed by atoms with Crippen LogP contribution in [0, 0.1) is 4.64 Å². The predicted octanol–water partition coefficient (Wildman–Crippen LogP) is -0.942. The molecule has 4 atom stereocenters. The van der Waals surface area contributed by atoms with Crippen LogP contribution in [-0.2, 0) is 4.74 Å². The van der Waals surface area contributed by atoms with E-state index in [2.05, 4.69) is 15.1 Å². The number of fused-ring (bicyclic) bond motifs is 1. The van der Waals surface area contributed by atoms with Crippen LogP contribution in [0.4, 0.5) is 0 Å². The molecule has 96 valence electrons. The summed E-state index contributed by atoms with van der Waals surface area (Å²) in [6.45, 7) is 0. The van der Waals surface area contributed by atoms with Crippen molar-refractivity contribution in [3.05, 3.63) is 17.2 Å². The molecule has 18 heavy (non-hydrogen) atoms. The van der Waals surface area contributed by atoms with Gasteiger partial charge in [0.1, 0.15) is 22.5 Å². The number of ether oxygens (including phenoxy) is 1. The summed E-state index contributed by atoms with van der Waals surface area (Å²) in [5.41, 5.74) is 0.500. The van der Waals surface area contributed by atoms with Crippen molar-refractivity contribution in [1.82, 2.24) is 19.7 Å². The van der Waals surface area contributed by atoms with Crippen LogP contribution >= 0.6 is 12.2 Å². The number of nitrogens with zero attached hydrogens (tertiary/aromatic N) is 3. The van der Waals surface area contributed by atoms with Gasteiger partial charge in [0.25, 0.3) is 0 Å². The van der Waals surface area contributed by atoms with Crippen LogP contribution in [0.15, 0.2) is 12.5 Å². The van der Waals surface area contributed by atoms with Crippen LogP contribution in [0.5, 0.6) is 0 Å². The summed E-state index contributed by atoms with van der Waals surface area (Å²) >= 11 is 5.03. The quantitative estimate of drug-likeness (QED) is 0.494. The molecule has 0 aromatic carbocycles. The van der Waals surface area contributed by atoms with Gasteiger partial charge in [-0.3, -0.25) is 0 Å². The molecular formula is C9H10N4O4S. The second-order valence-corrected chi connectivity index (χ2v) is 4.34. The number of rotatable bonds is 1. The fourth-order valence-electron chi connectivity index (χ4n) is 1.92. The lowest BCUT2D eigenvalue weighted by atomic mass is 10.2. The highest BCUT2D eigenvalue weighted by Gasteiger charge is 2.43. The summed E-state index contributed by atoms with van der Waals surface area (Å²) in [6.07, 6.45) is -2.21. The molecule has 9 heteroatoms. The van der Waals surface area contributed by atoms with Crippen LogP contribution in [0.3, 0.4) is 0 Å². The zero-order chi connectivity index (χ0) is 12.9. The highest BCUT2D eigenvalue weighted by atomic mass is 32.1. The van der Waals surface area contributed by atoms with Crippen molar-refractivity contribution in [2.45, 2.75) is 24.7 Å². The van der Waals surface area contributed by atoms with Crippen molar-refractivity contribution >= 4 is 23.3 Å². The smallest absolute Gasteiger partial charge is 0.186 e. The molecule has 0 bridgehead atoms. The topological polar surface area (TPSA) is 116 Å². The highest BCUT2D eigenvalue weighted by molar-refractivity contribution is 7.71. The van der Waals surface area contributed by atoms with Gasteiger partial charge in [-0.2, -0.15) is 5.10 Å². The van der Waals surface area contributed by atoms with E-state index in [1.807, 2.05) is 0 Å². The lowest BCUT2D eigenvalue weighted by Gasteiger charge is -2.15. The molecule has 0 aliphatic carbocycles. The lowest BCUT2D eigenvalue weighted by molar-refractivity contribution is -0.143. The average molecular weight is 270 g/mol. The van der Waals surface area contributed by atoms with Crippen LogP contribution < -0.4 is 0 Å². The number of nitrogens with one attached hydrogen (secondary N) is 1. The standard InChI is InChI=1S/C9H10N4O4S/c14-4-5(15)9(16)17-8(4)13-6-3(1-12-13)7(18)11-2-10-6/h1-2,4-5,8-9,14-16H,(H,10,11,18)/t4-,5-,8+,9-/m1/s1. The van der Waals surface area contributed by atoms with Gasteiger partial charge in [-0.05, 0) is 0 Å². The van der Waals surface area contributed by atoms with Crippen molar-refractivity contribution in [3.63, 3.8) is 0 Å². The Balaban J connectivity index is 2.11. The molecule has 2 aromatic rings. The van der Waals surface area contributed by atoms with Crippen molar-refractivity contribution in [2.75, 3.05) is 0 Å². The molecule has 1 fully saturated rings. The van der Waals surface area contributed by atoms with Crippen LogP contribution in [0.1, 0.15) is 6.23 Å². The van der Waals surface area contributed by atoms with E-state index >= 15 is 0 Å². The molecule has 1 aliphatic heterocycles. The third-order valence-corrected chi connectivity index (χ3v) is 3.19. The van der Waals surface area contributed by atoms with Crippen molar-refractivity contribution in [1.29, 1.82) is 0 Å². The Morgan fingerprint density at radius 1 is 1.33 bits per heavy atom. The van der Waals surface area contributed by atoms with Crippen molar-refractivity contribution in [2.24, 2.45) is 0 Å². The Morgan fingerprint density at radius 2 is 2.11 bits per heavy atom. The second-order valence-electron chi connectivity index (χ2n) is 3.96. The minimum atomic E-state index is -1.45. The first-order valence-electron chi connectivity index (χ1n) is 5.20. The van der Waals surface area contributed by atoms with Gasteiger partial charge in [-0.15, -0.1) is 0 Å². The average Bonchev–Trinajstić information content (AvgIpc) is 2.88. The monoisotopic (exact) mass is 270 g/mol. The molecule has 3 rings (SSSR count). The number of hydrogen-bond donors (Lipinski definition) is 4. The van der Waals surface area contributed by atoms with E-state index in [1.54, 1.807) is 0 Å². The van der Waals surface area contributed by atoms with E-state index in [0.717, 1.165) is 0 Å². The van der Waals surface area contributed by atoms with Crippen LogP contribution in [0.25, 0.3) is 11.0 Å². The van der Waals surface area contributed by atoms with E-state index < -0.39 is 24.7 Å². The van der Waals surface area contributed by atoms with E-state index in [-0.39, 0.29) is 0 Å². The van der Waals surface area contributed by atoms with Gasteiger partial charge < -0.3 is 25.0 Å². The summed E-state index contributed by atoms with van der Waals surface area (Å²) in [5, 5.41) is 33.2. The maximum absolute atomic E-state index is 9.78. The molecule has 0 unspecified atom stereocenters. The zero-order valence-corrected chi connectivity index (χ0v) is 9.78. The first-order chi connectivity index (χ1) is 8.59. The first-order valence-corrected chi connectivity index (χ1v) is 5.61. The Labute approximate surface area is 105 Å². The van der Waals surface area contributed by atoms with Gasteiger partial charge in [0, 0.05) is 0 Å². The molecule has 1 aliphatic rings. The van der Waals surface area contributed by atoms with E-state index in [1.165, 1.54) is 17.2 Å². The maximum Gasteiger partial charge on any atom is 0.186 e. The van der Waals surface area contributed by atoms with Gasteiger partial charge >= 0.3 is 0 Å². The fourth-order valence-corrected chi connectivity index (χ4v) is 2.12. The van der Waals surface area contributed by atoms with Gasteiger partial charge in [0.15, 0.2) is 12.5 Å². The number of aromatic nitrogens is 4. The first kappa shape index (κ1) is 11.7. The molecule has 8 nitrogen and oxygen atoms in total. The summed E-state index contributed by atoms with van der Waals surface area (Å²) in [5.74, 6) is 0. The summed E-state index contributed by atoms with van der Waals surface area (Å²) in [7, 11) is 0. The molecule has 0 radical (unpaired) electrons. The largest absolute Gasteiger partial charge is 0.385 e. The SMILES string of the molecule is O[C@@H]1[C@@H](O)[C@@H](n2ncc3c(=S)nc[nH]c32)O[C@H]1O. The van der Waals surface area contributed by atoms with Gasteiger partial charge in [-0.1, -0.05) is 12.2 Å². The van der Waals surface area contributed by atoms with E-state index in [4.69, 9.17) is 17.0 Å². The van der Waals surface area contributed by atoms with Crippen LogP contribution in [-0.4, -0.2) is 53.6 Å². The molecule has 2 aromatic heterocycles.